The van der Waals surface area contributed by atoms with E-state index < -0.39 is 11.6 Å². The number of anilines is 1. The van der Waals surface area contributed by atoms with Crippen molar-refractivity contribution in [2.75, 3.05) is 18.5 Å². The molecule has 1 aromatic rings. The van der Waals surface area contributed by atoms with Crippen molar-refractivity contribution < 1.29 is 14.4 Å². The van der Waals surface area contributed by atoms with Crippen molar-refractivity contribution in [1.82, 2.24) is 10.2 Å². The molecule has 1 aromatic carbocycles. The van der Waals surface area contributed by atoms with Gasteiger partial charge < -0.3 is 10.2 Å². The summed E-state index contributed by atoms with van der Waals surface area (Å²) in [5.41, 5.74) is -0.368. The van der Waals surface area contributed by atoms with Crippen molar-refractivity contribution >= 4 is 51.1 Å². The van der Waals surface area contributed by atoms with Crippen LogP contribution in [0.5, 0.6) is 0 Å². The van der Waals surface area contributed by atoms with Crippen LogP contribution in [-0.2, 0) is 9.59 Å². The molecular weight excluding hydrogens is 398 g/mol. The molecule has 24 heavy (non-hydrogen) atoms. The standard InChI is InChI=1S/C16H17BrClN3O3/c1-16(9-3-4-9)14(23)21(15(24)19-16)8-13(22)20(2)12-6-5-10(17)7-11(12)18/h5-7,9H,3-4,8H2,1-2H3,(H,19,24). The Kier molecular flexibility index (Phi) is 4.34. The average molecular weight is 415 g/mol. The normalized spacial score (nSPS) is 23.4. The highest BCUT2D eigenvalue weighted by atomic mass is 79.9. The van der Waals surface area contributed by atoms with Crippen LogP contribution in [0.4, 0.5) is 10.5 Å². The SMILES string of the molecule is CN(C(=O)CN1C(=O)NC(C)(C2CC2)C1=O)c1ccc(Br)cc1Cl. The number of carbonyl (C=O) groups is 3. The van der Waals surface area contributed by atoms with E-state index in [4.69, 9.17) is 11.6 Å². The number of hydrogen-bond acceptors (Lipinski definition) is 3. The minimum Gasteiger partial charge on any atom is -0.323 e. The first kappa shape index (κ1) is 17.2. The van der Waals surface area contributed by atoms with Gasteiger partial charge in [-0.05, 0) is 43.9 Å². The van der Waals surface area contributed by atoms with E-state index in [1.54, 1.807) is 32.2 Å². The first-order valence-electron chi connectivity index (χ1n) is 7.59. The summed E-state index contributed by atoms with van der Waals surface area (Å²) in [7, 11) is 1.57. The summed E-state index contributed by atoms with van der Waals surface area (Å²) in [6.45, 7) is 1.42. The van der Waals surface area contributed by atoms with Gasteiger partial charge in [-0.3, -0.25) is 14.5 Å². The second kappa shape index (κ2) is 6.04. The summed E-state index contributed by atoms with van der Waals surface area (Å²) in [5, 5.41) is 3.13. The number of urea groups is 1. The number of imide groups is 1. The van der Waals surface area contributed by atoms with Gasteiger partial charge in [0.25, 0.3) is 5.91 Å². The van der Waals surface area contributed by atoms with E-state index in [1.807, 2.05) is 0 Å². The predicted molar refractivity (Wildman–Crippen MR) is 93.9 cm³/mol. The van der Waals surface area contributed by atoms with Gasteiger partial charge in [-0.15, -0.1) is 0 Å². The highest BCUT2D eigenvalue weighted by molar-refractivity contribution is 9.10. The molecule has 8 heteroatoms. The first-order valence-corrected chi connectivity index (χ1v) is 8.77. The number of rotatable bonds is 4. The number of likely N-dealkylation sites (N-methyl/N-ethyl adjacent to an activating group) is 1. The Hall–Kier alpha value is -1.60. The van der Waals surface area contributed by atoms with E-state index in [0.717, 1.165) is 22.2 Å². The summed E-state index contributed by atoms with van der Waals surface area (Å²) in [6.07, 6.45) is 1.83. The minimum absolute atomic E-state index is 0.160. The molecular formula is C16H17BrClN3O3. The van der Waals surface area contributed by atoms with Crippen LogP contribution in [-0.4, -0.2) is 41.9 Å². The zero-order valence-corrected chi connectivity index (χ0v) is 15.6. The molecule has 1 saturated heterocycles. The van der Waals surface area contributed by atoms with Crippen molar-refractivity contribution in [1.29, 1.82) is 0 Å². The molecule has 1 aliphatic carbocycles. The van der Waals surface area contributed by atoms with Crippen molar-refractivity contribution in [3.63, 3.8) is 0 Å². The van der Waals surface area contributed by atoms with Gasteiger partial charge in [-0.2, -0.15) is 0 Å². The number of nitrogens with one attached hydrogen (secondary N) is 1. The van der Waals surface area contributed by atoms with Gasteiger partial charge in [0.05, 0.1) is 10.7 Å². The Morgan fingerprint density at radius 1 is 1.46 bits per heavy atom. The summed E-state index contributed by atoms with van der Waals surface area (Å²) in [6, 6.07) is 4.63. The van der Waals surface area contributed by atoms with Crippen LogP contribution in [0.1, 0.15) is 19.8 Å². The van der Waals surface area contributed by atoms with E-state index >= 15 is 0 Å². The van der Waals surface area contributed by atoms with E-state index in [-0.39, 0.29) is 24.3 Å². The largest absolute Gasteiger partial charge is 0.325 e. The van der Waals surface area contributed by atoms with Gasteiger partial charge in [0.2, 0.25) is 5.91 Å². The lowest BCUT2D eigenvalue weighted by molar-refractivity contribution is -0.134. The molecule has 1 atom stereocenters. The molecule has 2 fully saturated rings. The molecule has 2 aliphatic rings. The van der Waals surface area contributed by atoms with Crippen LogP contribution in [0.15, 0.2) is 22.7 Å². The van der Waals surface area contributed by atoms with Gasteiger partial charge in [0, 0.05) is 11.5 Å². The molecule has 0 bridgehead atoms. The van der Waals surface area contributed by atoms with Crippen molar-refractivity contribution in [2.45, 2.75) is 25.3 Å². The smallest absolute Gasteiger partial charge is 0.323 e. The monoisotopic (exact) mass is 413 g/mol. The van der Waals surface area contributed by atoms with Gasteiger partial charge >= 0.3 is 6.03 Å². The summed E-state index contributed by atoms with van der Waals surface area (Å²) in [4.78, 5) is 39.5. The fourth-order valence-corrected chi connectivity index (χ4v) is 3.73. The Labute approximate surface area is 153 Å². The Balaban J connectivity index is 1.74. The number of nitrogens with zero attached hydrogens (tertiary/aromatic N) is 2. The maximum atomic E-state index is 12.6. The topological polar surface area (TPSA) is 69.7 Å². The lowest BCUT2D eigenvalue weighted by Gasteiger charge is -2.23. The molecule has 4 amide bonds. The third-order valence-corrected chi connectivity index (χ3v) is 5.43. The van der Waals surface area contributed by atoms with Gasteiger partial charge in [-0.25, -0.2) is 4.79 Å². The average Bonchev–Trinajstić information content (AvgIpc) is 3.33. The molecule has 128 valence electrons. The number of amides is 4. The highest BCUT2D eigenvalue weighted by Crippen LogP contribution is 2.42. The number of carbonyl (C=O) groups excluding carboxylic acids is 3. The van der Waals surface area contributed by atoms with Crippen molar-refractivity contribution in [2.24, 2.45) is 5.92 Å². The molecule has 0 aromatic heterocycles. The summed E-state index contributed by atoms with van der Waals surface area (Å²) in [5.74, 6) is -0.561. The second-order valence-electron chi connectivity index (χ2n) is 6.35. The summed E-state index contributed by atoms with van der Waals surface area (Å²) < 4.78 is 0.798. The van der Waals surface area contributed by atoms with E-state index in [0.29, 0.717) is 10.7 Å². The van der Waals surface area contributed by atoms with Crippen molar-refractivity contribution in [3.8, 4) is 0 Å². The zero-order chi connectivity index (χ0) is 17.6. The van der Waals surface area contributed by atoms with Crippen molar-refractivity contribution in [3.05, 3.63) is 27.7 Å². The van der Waals surface area contributed by atoms with Gasteiger partial charge in [-0.1, -0.05) is 27.5 Å². The van der Waals surface area contributed by atoms with Crippen LogP contribution in [0.3, 0.4) is 0 Å². The van der Waals surface area contributed by atoms with Crippen LogP contribution >= 0.6 is 27.5 Å². The molecule has 6 nitrogen and oxygen atoms in total. The summed E-state index contributed by atoms with van der Waals surface area (Å²) >= 11 is 9.46. The quantitative estimate of drug-likeness (QED) is 0.770. The number of hydrogen-bond donors (Lipinski definition) is 1. The van der Waals surface area contributed by atoms with Gasteiger partial charge in [0.1, 0.15) is 12.1 Å². The molecule has 1 aliphatic heterocycles. The first-order chi connectivity index (χ1) is 11.2. The second-order valence-corrected chi connectivity index (χ2v) is 7.67. The fraction of sp³-hybridized carbons (Fsp3) is 0.438. The highest BCUT2D eigenvalue weighted by Gasteiger charge is 2.56. The molecule has 1 saturated carbocycles. The third kappa shape index (κ3) is 2.91. The van der Waals surface area contributed by atoms with Gasteiger partial charge in [0.15, 0.2) is 0 Å². The van der Waals surface area contributed by atoms with Crippen LogP contribution in [0, 0.1) is 5.92 Å². The zero-order valence-electron chi connectivity index (χ0n) is 13.3. The fourth-order valence-electron chi connectivity index (χ4n) is 2.93. The molecule has 0 spiro atoms. The maximum absolute atomic E-state index is 12.6. The lowest BCUT2D eigenvalue weighted by Crippen LogP contribution is -2.47. The van der Waals surface area contributed by atoms with Crippen LogP contribution in [0.25, 0.3) is 0 Å². The molecule has 1 heterocycles. The Bertz CT molecular complexity index is 737. The number of halogens is 2. The van der Waals surface area contributed by atoms with Crippen LogP contribution < -0.4 is 10.2 Å². The Morgan fingerprint density at radius 3 is 2.71 bits per heavy atom. The Morgan fingerprint density at radius 2 is 2.12 bits per heavy atom. The lowest BCUT2D eigenvalue weighted by atomic mass is 9.96. The molecule has 1 unspecified atom stereocenters. The molecule has 3 rings (SSSR count). The third-order valence-electron chi connectivity index (χ3n) is 4.63. The maximum Gasteiger partial charge on any atom is 0.325 e. The van der Waals surface area contributed by atoms with E-state index in [1.165, 1.54) is 4.90 Å². The minimum atomic E-state index is -0.884. The van der Waals surface area contributed by atoms with E-state index in [2.05, 4.69) is 21.2 Å². The predicted octanol–water partition coefficient (Wildman–Crippen LogP) is 2.79. The van der Waals surface area contributed by atoms with Crippen LogP contribution in [0.2, 0.25) is 5.02 Å². The molecule has 0 radical (unpaired) electrons. The van der Waals surface area contributed by atoms with E-state index in [9.17, 15) is 14.4 Å². The number of benzene rings is 1. The molecule has 1 N–H and O–H groups in total.